The van der Waals surface area contributed by atoms with Crippen molar-refractivity contribution in [3.05, 3.63) is 29.2 Å². The van der Waals surface area contributed by atoms with Crippen molar-refractivity contribution in [2.75, 3.05) is 11.9 Å². The monoisotopic (exact) mass is 288 g/mol. The molecule has 1 fully saturated rings. The van der Waals surface area contributed by atoms with Crippen molar-refractivity contribution >= 4 is 5.82 Å². The van der Waals surface area contributed by atoms with Crippen molar-refractivity contribution < 1.29 is 0 Å². The fourth-order valence-electron chi connectivity index (χ4n) is 2.81. The fourth-order valence-corrected chi connectivity index (χ4v) is 2.81. The molecule has 21 heavy (non-hydrogen) atoms. The van der Waals surface area contributed by atoms with Crippen molar-refractivity contribution in [2.24, 2.45) is 14.1 Å². The maximum absolute atomic E-state index is 4.59. The van der Waals surface area contributed by atoms with E-state index < -0.39 is 0 Å². The molecular formula is C15H24N6. The zero-order valence-electron chi connectivity index (χ0n) is 13.3. The first kappa shape index (κ1) is 14.1. The molecule has 2 aromatic heterocycles. The molecule has 114 valence electrons. The van der Waals surface area contributed by atoms with E-state index in [1.165, 1.54) is 29.8 Å². The Kier molecular flexibility index (Phi) is 3.71. The standard InChI is InChI=1S/C15H24N6/c1-11-14(8-16-13-5-6-13)15(21(4)18-11)19(2)9-12-7-17-20(3)10-12/h7,10,13,16H,5-6,8-9H2,1-4H3. The first-order chi connectivity index (χ1) is 10.0. The summed E-state index contributed by atoms with van der Waals surface area (Å²) in [6.07, 6.45) is 6.59. The Morgan fingerprint density at radius 2 is 2.14 bits per heavy atom. The molecule has 0 spiro atoms. The molecule has 0 unspecified atom stereocenters. The van der Waals surface area contributed by atoms with Crippen LogP contribution in [-0.2, 0) is 27.2 Å². The number of hydrogen-bond donors (Lipinski definition) is 1. The summed E-state index contributed by atoms with van der Waals surface area (Å²) >= 11 is 0. The van der Waals surface area contributed by atoms with Crippen LogP contribution in [0.2, 0.25) is 0 Å². The van der Waals surface area contributed by atoms with Crippen molar-refractivity contribution in [3.63, 3.8) is 0 Å². The maximum Gasteiger partial charge on any atom is 0.131 e. The highest BCUT2D eigenvalue weighted by molar-refractivity contribution is 5.50. The number of rotatable bonds is 6. The normalized spacial score (nSPS) is 14.7. The van der Waals surface area contributed by atoms with E-state index in [1.54, 1.807) is 0 Å². The molecule has 0 atom stereocenters. The van der Waals surface area contributed by atoms with Gasteiger partial charge in [-0.15, -0.1) is 0 Å². The van der Waals surface area contributed by atoms with E-state index in [-0.39, 0.29) is 0 Å². The van der Waals surface area contributed by atoms with E-state index in [1.807, 2.05) is 29.7 Å². The number of anilines is 1. The summed E-state index contributed by atoms with van der Waals surface area (Å²) in [6.45, 7) is 3.83. The van der Waals surface area contributed by atoms with Gasteiger partial charge < -0.3 is 10.2 Å². The van der Waals surface area contributed by atoms with Crippen LogP contribution in [0.4, 0.5) is 5.82 Å². The van der Waals surface area contributed by atoms with Gasteiger partial charge in [0.25, 0.3) is 0 Å². The van der Waals surface area contributed by atoms with Crippen LogP contribution < -0.4 is 10.2 Å². The highest BCUT2D eigenvalue weighted by Gasteiger charge is 2.23. The Labute approximate surface area is 125 Å². The third-order valence-corrected chi connectivity index (χ3v) is 4.00. The highest BCUT2D eigenvalue weighted by Crippen LogP contribution is 2.26. The van der Waals surface area contributed by atoms with Crippen LogP contribution in [0.1, 0.15) is 29.7 Å². The topological polar surface area (TPSA) is 50.9 Å². The molecule has 0 aliphatic heterocycles. The number of hydrogen-bond acceptors (Lipinski definition) is 4. The second-order valence-corrected chi connectivity index (χ2v) is 6.04. The van der Waals surface area contributed by atoms with E-state index in [0.717, 1.165) is 18.8 Å². The van der Waals surface area contributed by atoms with Crippen LogP contribution in [0.5, 0.6) is 0 Å². The van der Waals surface area contributed by atoms with E-state index >= 15 is 0 Å². The SMILES string of the molecule is Cc1nn(C)c(N(C)Cc2cnn(C)c2)c1CNC1CC1. The Hall–Kier alpha value is -1.82. The molecule has 0 amide bonds. The number of aryl methyl sites for hydroxylation is 3. The van der Waals surface area contributed by atoms with Crippen LogP contribution in [0.15, 0.2) is 12.4 Å². The van der Waals surface area contributed by atoms with E-state index in [0.29, 0.717) is 6.04 Å². The summed E-state index contributed by atoms with van der Waals surface area (Å²) < 4.78 is 3.82. The van der Waals surface area contributed by atoms with E-state index in [2.05, 4.69) is 40.6 Å². The predicted molar refractivity (Wildman–Crippen MR) is 83.1 cm³/mol. The summed E-state index contributed by atoms with van der Waals surface area (Å²) in [5.41, 5.74) is 3.62. The molecule has 1 N–H and O–H groups in total. The predicted octanol–water partition coefficient (Wildman–Crippen LogP) is 1.35. The van der Waals surface area contributed by atoms with Crippen molar-refractivity contribution in [2.45, 2.75) is 38.9 Å². The lowest BCUT2D eigenvalue weighted by Crippen LogP contribution is -2.23. The zero-order valence-corrected chi connectivity index (χ0v) is 13.3. The van der Waals surface area contributed by atoms with Crippen LogP contribution in [0.3, 0.4) is 0 Å². The van der Waals surface area contributed by atoms with E-state index in [9.17, 15) is 0 Å². The Morgan fingerprint density at radius 3 is 2.76 bits per heavy atom. The van der Waals surface area contributed by atoms with Crippen LogP contribution >= 0.6 is 0 Å². The third-order valence-electron chi connectivity index (χ3n) is 4.00. The van der Waals surface area contributed by atoms with Gasteiger partial charge in [0.1, 0.15) is 5.82 Å². The van der Waals surface area contributed by atoms with Gasteiger partial charge in [-0.1, -0.05) is 0 Å². The average molecular weight is 288 g/mol. The van der Waals surface area contributed by atoms with Gasteiger partial charge in [0.15, 0.2) is 0 Å². The van der Waals surface area contributed by atoms with Gasteiger partial charge in [0.05, 0.1) is 11.9 Å². The molecule has 6 heteroatoms. The van der Waals surface area contributed by atoms with Gasteiger partial charge in [0, 0.05) is 57.6 Å². The molecule has 0 radical (unpaired) electrons. The smallest absolute Gasteiger partial charge is 0.131 e. The molecular weight excluding hydrogens is 264 g/mol. The van der Waals surface area contributed by atoms with E-state index in [4.69, 9.17) is 0 Å². The quantitative estimate of drug-likeness (QED) is 0.872. The van der Waals surface area contributed by atoms with Crippen LogP contribution in [0, 0.1) is 6.92 Å². The van der Waals surface area contributed by atoms with Gasteiger partial charge in [-0.05, 0) is 19.8 Å². The lowest BCUT2D eigenvalue weighted by atomic mass is 10.2. The first-order valence-corrected chi connectivity index (χ1v) is 7.49. The molecule has 6 nitrogen and oxygen atoms in total. The van der Waals surface area contributed by atoms with Gasteiger partial charge >= 0.3 is 0 Å². The number of aromatic nitrogens is 4. The largest absolute Gasteiger partial charge is 0.355 e. The Bertz CT molecular complexity index is 622. The van der Waals surface area contributed by atoms with Gasteiger partial charge in [-0.2, -0.15) is 10.2 Å². The molecule has 3 rings (SSSR count). The summed E-state index contributed by atoms with van der Waals surface area (Å²) in [7, 11) is 6.08. The van der Waals surface area contributed by atoms with Gasteiger partial charge in [-0.25, -0.2) is 0 Å². The summed E-state index contributed by atoms with van der Waals surface area (Å²) in [6, 6.07) is 0.709. The molecule has 0 bridgehead atoms. The fraction of sp³-hybridized carbons (Fsp3) is 0.600. The summed E-state index contributed by atoms with van der Waals surface area (Å²) in [5.74, 6) is 1.18. The first-order valence-electron chi connectivity index (χ1n) is 7.49. The lowest BCUT2D eigenvalue weighted by Gasteiger charge is -2.20. The lowest BCUT2D eigenvalue weighted by molar-refractivity contribution is 0.680. The third kappa shape index (κ3) is 3.10. The molecule has 2 aromatic rings. The number of nitrogens with one attached hydrogen (secondary N) is 1. The van der Waals surface area contributed by atoms with Gasteiger partial charge in [-0.3, -0.25) is 9.36 Å². The maximum atomic E-state index is 4.59. The minimum absolute atomic E-state index is 0.709. The zero-order chi connectivity index (χ0) is 15.0. The van der Waals surface area contributed by atoms with Crippen molar-refractivity contribution in [1.82, 2.24) is 24.9 Å². The molecule has 1 aliphatic rings. The molecule has 0 saturated heterocycles. The van der Waals surface area contributed by atoms with Crippen molar-refractivity contribution in [1.29, 1.82) is 0 Å². The van der Waals surface area contributed by atoms with Crippen molar-refractivity contribution in [3.8, 4) is 0 Å². The molecule has 1 saturated carbocycles. The summed E-state index contributed by atoms with van der Waals surface area (Å²) in [4.78, 5) is 2.25. The minimum atomic E-state index is 0.709. The molecule has 0 aromatic carbocycles. The second-order valence-electron chi connectivity index (χ2n) is 6.04. The van der Waals surface area contributed by atoms with Crippen LogP contribution in [0.25, 0.3) is 0 Å². The van der Waals surface area contributed by atoms with Crippen LogP contribution in [-0.4, -0.2) is 32.7 Å². The summed E-state index contributed by atoms with van der Waals surface area (Å²) in [5, 5.41) is 12.4. The molecule has 1 aliphatic carbocycles. The molecule has 2 heterocycles. The number of nitrogens with zero attached hydrogens (tertiary/aromatic N) is 5. The Balaban J connectivity index is 1.78. The van der Waals surface area contributed by atoms with Gasteiger partial charge in [0.2, 0.25) is 0 Å². The minimum Gasteiger partial charge on any atom is -0.355 e. The second kappa shape index (κ2) is 5.52. The Morgan fingerprint density at radius 1 is 1.38 bits per heavy atom. The average Bonchev–Trinajstić information content (AvgIpc) is 3.09. The highest BCUT2D eigenvalue weighted by atomic mass is 15.4.